The molecular weight excluding hydrogens is 280 g/mol. The first-order valence-corrected chi connectivity index (χ1v) is 5.33. The van der Waals surface area contributed by atoms with Crippen LogP contribution in [0.5, 0.6) is 0 Å². The molecule has 0 aliphatic heterocycles. The highest BCUT2D eigenvalue weighted by Gasteiger charge is 1.86. The van der Waals surface area contributed by atoms with Crippen molar-refractivity contribution in [1.29, 1.82) is 0 Å². The second kappa shape index (κ2) is 5.33. The van der Waals surface area contributed by atoms with Crippen LogP contribution in [0.25, 0.3) is 12.2 Å². The van der Waals surface area contributed by atoms with E-state index < -0.39 is 0 Å². The molecule has 0 amide bonds. The second-order valence-corrected chi connectivity index (χ2v) is 3.31. The van der Waals surface area contributed by atoms with Gasteiger partial charge >= 0.3 is 0 Å². The lowest BCUT2D eigenvalue weighted by molar-refractivity contribution is 1.63. The van der Waals surface area contributed by atoms with E-state index in [-0.39, 0.29) is 0 Å². The first-order valence-electron chi connectivity index (χ1n) is 3.50. The topological polar surface area (TPSA) is 0 Å². The molecule has 0 unspecified atom stereocenters. The van der Waals surface area contributed by atoms with Crippen molar-refractivity contribution in [3.63, 3.8) is 0 Å². The van der Waals surface area contributed by atoms with Crippen LogP contribution in [-0.4, -0.2) is 0 Å². The Balaban J connectivity index is 2.85. The van der Waals surface area contributed by atoms with Gasteiger partial charge in [-0.2, -0.15) is 0 Å². The number of benzene rings is 1. The van der Waals surface area contributed by atoms with Gasteiger partial charge in [0, 0.05) is 0 Å². The van der Waals surface area contributed by atoms with Gasteiger partial charge in [0.15, 0.2) is 0 Å². The lowest BCUT2D eigenvalue weighted by atomic mass is 10.1. The normalized spacial score (nSPS) is 11.5. The molecule has 1 aromatic carbocycles. The summed E-state index contributed by atoms with van der Waals surface area (Å²) in [6, 6.07) is 8.28. The minimum absolute atomic E-state index is 1.19. The van der Waals surface area contributed by atoms with Crippen molar-refractivity contribution in [3.05, 3.63) is 45.4 Å². The zero-order valence-electron chi connectivity index (χ0n) is 6.37. The van der Waals surface area contributed by atoms with Gasteiger partial charge in [-0.25, -0.2) is 0 Å². The number of rotatable bonds is 2. The zero-order valence-corrected chi connectivity index (χ0v) is 9.55. The van der Waals surface area contributed by atoms with Crippen molar-refractivity contribution >= 4 is 44.0 Å². The summed E-state index contributed by atoms with van der Waals surface area (Å²) in [5.41, 5.74) is 2.39. The van der Waals surface area contributed by atoms with E-state index in [0.717, 1.165) is 0 Å². The molecule has 0 aliphatic rings. The molecule has 0 saturated carbocycles. The lowest BCUT2D eigenvalue weighted by Gasteiger charge is -1.93. The van der Waals surface area contributed by atoms with Crippen molar-refractivity contribution in [3.8, 4) is 0 Å². The molecule has 0 spiro atoms. The van der Waals surface area contributed by atoms with E-state index >= 15 is 0 Å². The fraction of sp³-hybridized carbons (Fsp3) is 0. The molecule has 62 valence electrons. The van der Waals surface area contributed by atoms with Gasteiger partial charge in [-0.1, -0.05) is 56.1 Å². The maximum Gasteiger partial charge on any atom is -0.0183 e. The van der Waals surface area contributed by atoms with E-state index in [1.54, 1.807) is 0 Å². The Morgan fingerprint density at radius 3 is 1.33 bits per heavy atom. The van der Waals surface area contributed by atoms with Crippen LogP contribution in [0.2, 0.25) is 0 Å². The maximum atomic E-state index is 3.23. The summed E-state index contributed by atoms with van der Waals surface area (Å²) in [6.07, 6.45) is 4.00. The van der Waals surface area contributed by atoms with E-state index in [2.05, 4.69) is 56.1 Å². The first-order chi connectivity index (χ1) is 5.86. The van der Waals surface area contributed by atoms with Crippen molar-refractivity contribution < 1.29 is 0 Å². The molecule has 0 radical (unpaired) electrons. The van der Waals surface area contributed by atoms with Crippen molar-refractivity contribution in [2.24, 2.45) is 0 Å². The summed E-state index contributed by atoms with van der Waals surface area (Å²) < 4.78 is 0. The lowest BCUT2D eigenvalue weighted by Crippen LogP contribution is -1.72. The van der Waals surface area contributed by atoms with E-state index in [9.17, 15) is 0 Å². The molecule has 2 heteroatoms. The van der Waals surface area contributed by atoms with Crippen LogP contribution in [0.4, 0.5) is 0 Å². The minimum Gasteiger partial charge on any atom is -0.0595 e. The van der Waals surface area contributed by atoms with Gasteiger partial charge in [0.1, 0.15) is 0 Å². The second-order valence-electron chi connectivity index (χ2n) is 2.25. The monoisotopic (exact) mass is 286 g/mol. The van der Waals surface area contributed by atoms with Gasteiger partial charge in [-0.3, -0.25) is 0 Å². The van der Waals surface area contributed by atoms with Gasteiger partial charge in [0.05, 0.1) is 0 Å². The van der Waals surface area contributed by atoms with Gasteiger partial charge in [0.25, 0.3) is 0 Å². The molecule has 1 aromatic rings. The molecule has 0 saturated heterocycles. The molecule has 0 N–H and O–H groups in total. The van der Waals surface area contributed by atoms with Crippen LogP contribution in [-0.2, 0) is 0 Å². The zero-order chi connectivity index (χ0) is 8.81. The molecule has 12 heavy (non-hydrogen) atoms. The average molecular weight is 288 g/mol. The Morgan fingerprint density at radius 2 is 1.08 bits per heavy atom. The predicted molar refractivity (Wildman–Crippen MR) is 62.4 cm³/mol. The Kier molecular flexibility index (Phi) is 4.33. The summed E-state index contributed by atoms with van der Waals surface area (Å²) in [5, 5.41) is 0. The van der Waals surface area contributed by atoms with Gasteiger partial charge in [-0.05, 0) is 33.2 Å². The highest BCUT2D eigenvalue weighted by Crippen LogP contribution is 2.09. The molecule has 0 fully saturated rings. The van der Waals surface area contributed by atoms with Crippen molar-refractivity contribution in [1.82, 2.24) is 0 Å². The summed E-state index contributed by atoms with van der Waals surface area (Å²) in [6.45, 7) is 0. The van der Waals surface area contributed by atoms with Crippen LogP contribution >= 0.6 is 31.9 Å². The highest BCUT2D eigenvalue weighted by atomic mass is 79.9. The van der Waals surface area contributed by atoms with Gasteiger partial charge in [-0.15, -0.1) is 0 Å². The fourth-order valence-electron chi connectivity index (χ4n) is 0.864. The van der Waals surface area contributed by atoms with Gasteiger partial charge < -0.3 is 0 Å². The first kappa shape index (κ1) is 9.75. The van der Waals surface area contributed by atoms with E-state index in [0.29, 0.717) is 0 Å². The summed E-state index contributed by atoms with van der Waals surface area (Å²) in [4.78, 5) is 3.70. The summed E-state index contributed by atoms with van der Waals surface area (Å²) in [7, 11) is 0. The van der Waals surface area contributed by atoms with Crippen LogP contribution < -0.4 is 0 Å². The van der Waals surface area contributed by atoms with Crippen molar-refractivity contribution in [2.45, 2.75) is 0 Å². The molecule has 0 aliphatic carbocycles. The number of hydrogen-bond acceptors (Lipinski definition) is 0. The Labute approximate surface area is 89.2 Å². The largest absolute Gasteiger partial charge is 0.0595 e. The third-order valence-corrected chi connectivity index (χ3v) is 1.98. The molecule has 0 atom stereocenters. The van der Waals surface area contributed by atoms with Crippen molar-refractivity contribution in [2.75, 3.05) is 0 Å². The molecule has 0 aromatic heterocycles. The highest BCUT2D eigenvalue weighted by molar-refractivity contribution is 9.11. The fourth-order valence-corrected chi connectivity index (χ4v) is 1.47. The molecular formula is C10H8Br2. The maximum absolute atomic E-state index is 3.23. The predicted octanol–water partition coefficient (Wildman–Crippen LogP) is 4.42. The van der Waals surface area contributed by atoms with Crippen LogP contribution in [0, 0.1) is 0 Å². The van der Waals surface area contributed by atoms with E-state index in [1.807, 2.05) is 22.1 Å². The Bertz CT molecular complexity index is 252. The summed E-state index contributed by atoms with van der Waals surface area (Å²) >= 11 is 6.47. The van der Waals surface area contributed by atoms with E-state index in [1.165, 1.54) is 11.1 Å². The quantitative estimate of drug-likeness (QED) is 0.755. The minimum atomic E-state index is 1.19. The molecule has 0 heterocycles. The average Bonchev–Trinajstić information content (AvgIpc) is 2.09. The third-order valence-electron chi connectivity index (χ3n) is 1.45. The van der Waals surface area contributed by atoms with E-state index in [4.69, 9.17) is 0 Å². The Morgan fingerprint density at radius 1 is 0.750 bits per heavy atom. The van der Waals surface area contributed by atoms with Crippen LogP contribution in [0.1, 0.15) is 11.1 Å². The standard InChI is InChI=1S/C10H8Br2/c11-7-5-9-1-2-10(4-3-9)6-8-12/h1-8H. The van der Waals surface area contributed by atoms with Gasteiger partial charge in [0.2, 0.25) is 0 Å². The molecule has 0 bridgehead atoms. The SMILES string of the molecule is BrC=Cc1ccc(C=CBr)cc1. The van der Waals surface area contributed by atoms with Crippen LogP contribution in [0.15, 0.2) is 34.2 Å². The molecule has 1 rings (SSSR count). The third kappa shape index (κ3) is 2.95. The smallest absolute Gasteiger partial charge is 0.0183 e. The Hall–Kier alpha value is -0.340. The number of halogens is 2. The molecule has 0 nitrogen and oxygen atoms in total. The van der Waals surface area contributed by atoms with Crippen LogP contribution in [0.3, 0.4) is 0 Å². The summed E-state index contributed by atoms with van der Waals surface area (Å²) in [5.74, 6) is 0. The number of hydrogen-bond donors (Lipinski definition) is 0.